The zero-order valence-electron chi connectivity index (χ0n) is 13.3. The summed E-state index contributed by atoms with van der Waals surface area (Å²) in [5.41, 5.74) is 6.37. The molecule has 0 aliphatic rings. The van der Waals surface area contributed by atoms with Gasteiger partial charge in [-0.1, -0.05) is 6.07 Å². The number of hydrazone groups is 1. The van der Waals surface area contributed by atoms with Gasteiger partial charge in [0, 0.05) is 27.5 Å². The van der Waals surface area contributed by atoms with Crippen LogP contribution in [0.2, 0.25) is 0 Å². The summed E-state index contributed by atoms with van der Waals surface area (Å²) in [6, 6.07) is 15.5. The van der Waals surface area contributed by atoms with Crippen LogP contribution in [0.3, 0.4) is 0 Å². The molecule has 0 saturated carbocycles. The van der Waals surface area contributed by atoms with Gasteiger partial charge in [-0.2, -0.15) is 5.10 Å². The Hall–Kier alpha value is -2.18. The Kier molecular flexibility index (Phi) is 4.97. The number of nitrogens with one attached hydrogen (secondary N) is 1. The molecule has 2 heterocycles. The van der Waals surface area contributed by atoms with Crippen LogP contribution in [-0.2, 0) is 0 Å². The Bertz CT molecular complexity index is 891. The Morgan fingerprint density at radius 3 is 2.58 bits per heavy atom. The predicted molar refractivity (Wildman–Crippen MR) is 102 cm³/mol. The van der Waals surface area contributed by atoms with Crippen LogP contribution in [-0.4, -0.2) is 16.7 Å². The molecule has 0 radical (unpaired) electrons. The molecule has 24 heavy (non-hydrogen) atoms. The first-order chi connectivity index (χ1) is 11.5. The molecule has 2 aromatic heterocycles. The molecule has 1 N–H and O–H groups in total. The first kappa shape index (κ1) is 16.7. The third-order valence-corrected chi connectivity index (χ3v) is 5.15. The summed E-state index contributed by atoms with van der Waals surface area (Å²) in [6.45, 7) is 4.09. The van der Waals surface area contributed by atoms with Crippen LogP contribution in [0.5, 0.6) is 0 Å². The number of hydrogen-bond acceptors (Lipinski definition) is 3. The van der Waals surface area contributed by atoms with Crippen molar-refractivity contribution in [3.63, 3.8) is 0 Å². The van der Waals surface area contributed by atoms with Gasteiger partial charge >= 0.3 is 0 Å². The van der Waals surface area contributed by atoms with Gasteiger partial charge in [-0.3, -0.25) is 4.79 Å². The number of rotatable bonds is 4. The molecule has 1 aromatic carbocycles. The monoisotopic (exact) mass is 401 g/mol. The average Bonchev–Trinajstić information content (AvgIpc) is 3.13. The number of hydrogen-bond donors (Lipinski definition) is 1. The molecule has 0 atom stereocenters. The normalized spacial score (nSPS) is 11.1. The predicted octanol–water partition coefficient (Wildman–Crippen LogP) is 4.68. The van der Waals surface area contributed by atoms with Crippen molar-refractivity contribution in [3.05, 3.63) is 74.1 Å². The van der Waals surface area contributed by atoms with Crippen LogP contribution in [0, 0.1) is 13.8 Å². The number of carbonyl (C=O) groups is 1. The van der Waals surface area contributed by atoms with Gasteiger partial charge in [0.1, 0.15) is 0 Å². The molecule has 3 aromatic rings. The van der Waals surface area contributed by atoms with E-state index in [9.17, 15) is 4.79 Å². The molecule has 0 fully saturated rings. The maximum atomic E-state index is 12.3. The highest BCUT2D eigenvalue weighted by Gasteiger charge is 2.08. The highest BCUT2D eigenvalue weighted by atomic mass is 79.9. The first-order valence-electron chi connectivity index (χ1n) is 7.39. The Morgan fingerprint density at radius 2 is 1.92 bits per heavy atom. The average molecular weight is 402 g/mol. The number of nitrogens with zero attached hydrogens (tertiary/aromatic N) is 2. The van der Waals surface area contributed by atoms with Crippen molar-refractivity contribution in [2.24, 2.45) is 5.10 Å². The SMILES string of the molecule is Cc1ccc(C)n1-c1cccc(C(=O)N/N=C\c2ccc(Br)s2)c1. The highest BCUT2D eigenvalue weighted by Crippen LogP contribution is 2.20. The highest BCUT2D eigenvalue weighted by molar-refractivity contribution is 9.11. The summed E-state index contributed by atoms with van der Waals surface area (Å²) in [7, 11) is 0. The van der Waals surface area contributed by atoms with Crippen molar-refractivity contribution in [1.29, 1.82) is 0 Å². The van der Waals surface area contributed by atoms with E-state index in [1.165, 1.54) is 0 Å². The molecule has 122 valence electrons. The van der Waals surface area contributed by atoms with Crippen LogP contribution in [0.1, 0.15) is 26.6 Å². The summed E-state index contributed by atoms with van der Waals surface area (Å²) in [5, 5.41) is 4.02. The van der Waals surface area contributed by atoms with Gasteiger partial charge in [0.15, 0.2) is 0 Å². The molecule has 0 saturated heterocycles. The number of aryl methyl sites for hydroxylation is 2. The molecule has 0 aliphatic carbocycles. The largest absolute Gasteiger partial charge is 0.318 e. The van der Waals surface area contributed by atoms with Gasteiger partial charge in [0.05, 0.1) is 10.0 Å². The fourth-order valence-corrected chi connectivity index (χ4v) is 3.77. The van der Waals surface area contributed by atoms with E-state index in [4.69, 9.17) is 0 Å². The van der Waals surface area contributed by atoms with Crippen LogP contribution < -0.4 is 5.43 Å². The minimum Gasteiger partial charge on any atom is -0.318 e. The van der Waals surface area contributed by atoms with Gasteiger partial charge in [-0.05, 0) is 72.2 Å². The Balaban J connectivity index is 1.76. The van der Waals surface area contributed by atoms with E-state index < -0.39 is 0 Å². The second-order valence-electron chi connectivity index (χ2n) is 5.34. The lowest BCUT2D eigenvalue weighted by molar-refractivity contribution is 0.0955. The van der Waals surface area contributed by atoms with E-state index in [0.29, 0.717) is 5.56 Å². The minimum absolute atomic E-state index is 0.230. The summed E-state index contributed by atoms with van der Waals surface area (Å²) in [4.78, 5) is 13.3. The maximum Gasteiger partial charge on any atom is 0.271 e. The van der Waals surface area contributed by atoms with E-state index in [-0.39, 0.29) is 5.91 Å². The minimum atomic E-state index is -0.230. The molecule has 6 heteroatoms. The van der Waals surface area contributed by atoms with Gasteiger partial charge in [-0.15, -0.1) is 11.3 Å². The van der Waals surface area contributed by atoms with E-state index in [2.05, 4.69) is 43.2 Å². The summed E-state index contributed by atoms with van der Waals surface area (Å²) in [6.07, 6.45) is 1.64. The third-order valence-electron chi connectivity index (χ3n) is 3.59. The van der Waals surface area contributed by atoms with Crippen LogP contribution >= 0.6 is 27.3 Å². The van der Waals surface area contributed by atoms with Crippen LogP contribution in [0.25, 0.3) is 5.69 Å². The molecule has 0 aliphatic heterocycles. The van der Waals surface area contributed by atoms with Crippen molar-refractivity contribution in [2.75, 3.05) is 0 Å². The second-order valence-corrected chi connectivity index (χ2v) is 7.84. The fourth-order valence-electron chi connectivity index (χ4n) is 2.48. The Labute approximate surface area is 153 Å². The van der Waals surface area contributed by atoms with Gasteiger partial charge < -0.3 is 4.57 Å². The van der Waals surface area contributed by atoms with Crippen LogP contribution in [0.15, 0.2) is 57.4 Å². The maximum absolute atomic E-state index is 12.3. The molecule has 0 spiro atoms. The zero-order valence-corrected chi connectivity index (χ0v) is 15.7. The smallest absolute Gasteiger partial charge is 0.271 e. The molecule has 3 rings (SSSR count). The molecular weight excluding hydrogens is 386 g/mol. The van der Waals surface area contributed by atoms with Crippen molar-refractivity contribution < 1.29 is 4.79 Å². The first-order valence-corrected chi connectivity index (χ1v) is 8.99. The number of amides is 1. The zero-order chi connectivity index (χ0) is 17.1. The summed E-state index contributed by atoms with van der Waals surface area (Å²) < 4.78 is 3.14. The number of benzene rings is 1. The second kappa shape index (κ2) is 7.15. The third kappa shape index (κ3) is 3.66. The molecule has 0 unspecified atom stereocenters. The standard InChI is InChI=1S/C18H16BrN3OS/c1-12-6-7-13(2)22(12)15-5-3-4-14(10-15)18(23)21-20-11-16-8-9-17(19)24-16/h3-11H,1-2H3,(H,21,23)/b20-11-. The lowest BCUT2D eigenvalue weighted by atomic mass is 10.2. The fraction of sp³-hybridized carbons (Fsp3) is 0.111. The van der Waals surface area contributed by atoms with Crippen molar-refractivity contribution >= 4 is 39.4 Å². The molecular formula is C18H16BrN3OS. The summed E-state index contributed by atoms with van der Waals surface area (Å²) in [5.74, 6) is -0.230. The molecule has 1 amide bonds. The van der Waals surface area contributed by atoms with Crippen molar-refractivity contribution in [1.82, 2.24) is 9.99 Å². The molecule has 4 nitrogen and oxygen atoms in total. The quantitative estimate of drug-likeness (QED) is 0.500. The number of aromatic nitrogens is 1. The number of thiophene rings is 1. The van der Waals surface area contributed by atoms with E-state index in [1.54, 1.807) is 23.6 Å². The van der Waals surface area contributed by atoms with E-state index >= 15 is 0 Å². The molecule has 0 bridgehead atoms. The van der Waals surface area contributed by atoms with E-state index in [0.717, 1.165) is 25.7 Å². The van der Waals surface area contributed by atoms with Gasteiger partial charge in [0.25, 0.3) is 5.91 Å². The lowest BCUT2D eigenvalue weighted by Crippen LogP contribution is -2.17. The number of halogens is 1. The lowest BCUT2D eigenvalue weighted by Gasteiger charge is -2.10. The van der Waals surface area contributed by atoms with Gasteiger partial charge in [-0.25, -0.2) is 5.43 Å². The van der Waals surface area contributed by atoms with Crippen molar-refractivity contribution in [2.45, 2.75) is 13.8 Å². The number of carbonyl (C=O) groups excluding carboxylic acids is 1. The summed E-state index contributed by atoms with van der Waals surface area (Å²) >= 11 is 4.95. The van der Waals surface area contributed by atoms with Gasteiger partial charge in [0.2, 0.25) is 0 Å². The van der Waals surface area contributed by atoms with Crippen molar-refractivity contribution in [3.8, 4) is 5.69 Å². The Morgan fingerprint density at radius 1 is 1.17 bits per heavy atom. The topological polar surface area (TPSA) is 46.4 Å². The van der Waals surface area contributed by atoms with E-state index in [1.807, 2.05) is 44.2 Å². The van der Waals surface area contributed by atoms with Crippen LogP contribution in [0.4, 0.5) is 0 Å².